The molecule has 0 saturated carbocycles. The van der Waals surface area contributed by atoms with E-state index in [2.05, 4.69) is 58.7 Å². The molecule has 4 heterocycles. The van der Waals surface area contributed by atoms with Crippen LogP contribution in [0.15, 0.2) is 41.9 Å². The Morgan fingerprint density at radius 1 is 1.32 bits per heavy atom. The lowest BCUT2D eigenvalue weighted by Gasteiger charge is -2.38. The number of nitrogens with one attached hydrogen (secondary N) is 1. The van der Waals surface area contributed by atoms with Crippen LogP contribution in [0.1, 0.15) is 25.3 Å². The van der Waals surface area contributed by atoms with Crippen molar-refractivity contribution < 1.29 is 9.72 Å². The Morgan fingerprint density at radius 3 is 3.16 bits per heavy atom. The lowest BCUT2D eigenvalue weighted by atomic mass is 9.88. The molecule has 2 aliphatic rings. The fraction of sp³-hybridized carbons (Fsp3) is 0.381. The zero-order valence-electron chi connectivity index (χ0n) is 14.5. The first-order valence-electron chi connectivity index (χ1n) is 9.19. The SMILES string of the molecule is CCN1CCC[C@]2(Cc3cc(-c4csc5ccccc45)c[nH+]c3O2)C1. The van der Waals surface area contributed by atoms with Gasteiger partial charge in [-0.15, -0.1) is 11.3 Å². The van der Waals surface area contributed by atoms with Crippen LogP contribution in [-0.4, -0.2) is 30.1 Å². The van der Waals surface area contributed by atoms with E-state index in [1.807, 2.05) is 11.3 Å². The molecule has 1 spiro atoms. The van der Waals surface area contributed by atoms with E-state index in [-0.39, 0.29) is 5.60 Å². The van der Waals surface area contributed by atoms with E-state index in [0.717, 1.165) is 31.8 Å². The van der Waals surface area contributed by atoms with E-state index < -0.39 is 0 Å². The number of aromatic nitrogens is 1. The molecular formula is C21H23N2OS+. The van der Waals surface area contributed by atoms with Crippen molar-refractivity contribution in [3.8, 4) is 17.0 Å². The molecule has 2 aromatic heterocycles. The molecule has 1 N–H and O–H groups in total. The van der Waals surface area contributed by atoms with Crippen LogP contribution in [-0.2, 0) is 6.42 Å². The lowest BCUT2D eigenvalue weighted by molar-refractivity contribution is -0.396. The molecule has 1 aromatic carbocycles. The van der Waals surface area contributed by atoms with Crippen LogP contribution >= 0.6 is 11.3 Å². The number of piperidine rings is 1. The summed E-state index contributed by atoms with van der Waals surface area (Å²) in [6.07, 6.45) is 5.50. The topological polar surface area (TPSA) is 26.6 Å². The zero-order chi connectivity index (χ0) is 16.9. The third kappa shape index (κ3) is 2.55. The molecule has 0 unspecified atom stereocenters. The van der Waals surface area contributed by atoms with Gasteiger partial charge in [0.2, 0.25) is 0 Å². The Kier molecular flexibility index (Phi) is 3.57. The monoisotopic (exact) mass is 351 g/mol. The van der Waals surface area contributed by atoms with E-state index in [4.69, 9.17) is 4.74 Å². The summed E-state index contributed by atoms with van der Waals surface area (Å²) in [5.74, 6) is 0.973. The Morgan fingerprint density at radius 2 is 2.24 bits per heavy atom. The second-order valence-electron chi connectivity index (χ2n) is 7.32. The molecule has 0 amide bonds. The predicted octanol–water partition coefficient (Wildman–Crippen LogP) is 4.17. The summed E-state index contributed by atoms with van der Waals surface area (Å²) in [6.45, 7) is 5.60. The van der Waals surface area contributed by atoms with Crippen LogP contribution in [0.25, 0.3) is 21.2 Å². The molecule has 1 saturated heterocycles. The molecule has 4 heteroatoms. The number of hydrogen-bond donors (Lipinski definition) is 0. The molecule has 1 fully saturated rings. The molecule has 0 aliphatic carbocycles. The molecule has 0 radical (unpaired) electrons. The lowest BCUT2D eigenvalue weighted by Crippen LogP contribution is -2.51. The van der Waals surface area contributed by atoms with Crippen molar-refractivity contribution in [3.63, 3.8) is 0 Å². The molecular weight excluding hydrogens is 328 g/mol. The normalized spacial score (nSPS) is 23.1. The van der Waals surface area contributed by atoms with Gasteiger partial charge in [0, 0.05) is 39.6 Å². The van der Waals surface area contributed by atoms with Gasteiger partial charge in [-0.3, -0.25) is 4.90 Å². The maximum absolute atomic E-state index is 6.43. The fourth-order valence-corrected chi connectivity index (χ4v) is 5.37. The van der Waals surface area contributed by atoms with Crippen LogP contribution in [0, 0.1) is 0 Å². The third-order valence-corrected chi connectivity index (χ3v) is 6.63. The predicted molar refractivity (Wildman–Crippen MR) is 102 cm³/mol. The Labute approximate surface area is 152 Å². The number of pyridine rings is 1. The number of thiophene rings is 1. The summed E-state index contributed by atoms with van der Waals surface area (Å²) in [5, 5.41) is 3.61. The number of likely N-dealkylation sites (tertiary alicyclic amines) is 1. The second kappa shape index (κ2) is 5.82. The van der Waals surface area contributed by atoms with E-state index in [1.165, 1.54) is 39.7 Å². The van der Waals surface area contributed by atoms with E-state index in [9.17, 15) is 0 Å². The van der Waals surface area contributed by atoms with Gasteiger partial charge < -0.3 is 4.74 Å². The Bertz CT molecular complexity index is 935. The molecule has 3 nitrogen and oxygen atoms in total. The second-order valence-corrected chi connectivity index (χ2v) is 8.23. The van der Waals surface area contributed by atoms with E-state index in [0.29, 0.717) is 0 Å². The number of hydrogen-bond acceptors (Lipinski definition) is 3. The van der Waals surface area contributed by atoms with Gasteiger partial charge in [-0.2, -0.15) is 4.98 Å². The first kappa shape index (κ1) is 15.4. The van der Waals surface area contributed by atoms with Crippen LogP contribution in [0.4, 0.5) is 0 Å². The van der Waals surface area contributed by atoms with Crippen molar-refractivity contribution in [3.05, 3.63) is 47.5 Å². The molecule has 5 rings (SSSR count). The summed E-state index contributed by atoms with van der Waals surface area (Å²) in [4.78, 5) is 5.96. The van der Waals surface area contributed by atoms with E-state index in [1.54, 1.807) is 0 Å². The number of nitrogens with zero attached hydrogens (tertiary/aromatic N) is 1. The van der Waals surface area contributed by atoms with Crippen molar-refractivity contribution >= 4 is 21.4 Å². The first-order chi connectivity index (χ1) is 12.3. The van der Waals surface area contributed by atoms with Crippen molar-refractivity contribution in [2.24, 2.45) is 0 Å². The number of aromatic amines is 1. The minimum absolute atomic E-state index is 0.0254. The molecule has 128 valence electrons. The van der Waals surface area contributed by atoms with Gasteiger partial charge in [0.05, 0.1) is 5.56 Å². The molecule has 25 heavy (non-hydrogen) atoms. The average molecular weight is 351 g/mol. The highest BCUT2D eigenvalue weighted by molar-refractivity contribution is 7.17. The fourth-order valence-electron chi connectivity index (χ4n) is 4.40. The smallest absolute Gasteiger partial charge is 0.370 e. The van der Waals surface area contributed by atoms with Gasteiger partial charge in [-0.05, 0) is 38.1 Å². The summed E-state index contributed by atoms with van der Waals surface area (Å²) in [6, 6.07) is 11.0. The molecule has 3 aromatic rings. The largest absolute Gasteiger partial charge is 0.436 e. The van der Waals surface area contributed by atoms with Crippen molar-refractivity contribution in [1.82, 2.24) is 4.90 Å². The third-order valence-electron chi connectivity index (χ3n) is 5.67. The summed E-state index contributed by atoms with van der Waals surface area (Å²) in [5.41, 5.74) is 3.88. The van der Waals surface area contributed by atoms with Gasteiger partial charge in [0.25, 0.3) is 0 Å². The van der Waals surface area contributed by atoms with Gasteiger partial charge in [-0.25, -0.2) is 0 Å². The average Bonchev–Trinajstić information content (AvgIpc) is 3.21. The van der Waals surface area contributed by atoms with Crippen LogP contribution < -0.4 is 9.72 Å². The maximum Gasteiger partial charge on any atom is 0.370 e. The Balaban J connectivity index is 1.49. The quantitative estimate of drug-likeness (QED) is 0.693. The number of fused-ring (bicyclic) bond motifs is 2. The van der Waals surface area contributed by atoms with Gasteiger partial charge in [-0.1, -0.05) is 25.1 Å². The van der Waals surface area contributed by atoms with Crippen molar-refractivity contribution in [2.75, 3.05) is 19.6 Å². The number of ether oxygens (including phenoxy) is 1. The highest BCUT2D eigenvalue weighted by Crippen LogP contribution is 2.40. The first-order valence-corrected chi connectivity index (χ1v) is 10.1. The maximum atomic E-state index is 6.43. The van der Waals surface area contributed by atoms with E-state index >= 15 is 0 Å². The number of benzene rings is 1. The van der Waals surface area contributed by atoms with Gasteiger partial charge in [0.15, 0.2) is 6.20 Å². The number of H-pyrrole nitrogens is 1. The summed E-state index contributed by atoms with van der Waals surface area (Å²) < 4.78 is 7.78. The van der Waals surface area contributed by atoms with Crippen LogP contribution in [0.5, 0.6) is 5.88 Å². The highest BCUT2D eigenvalue weighted by Gasteiger charge is 2.45. The van der Waals surface area contributed by atoms with Gasteiger partial charge in [0.1, 0.15) is 5.60 Å². The number of rotatable bonds is 2. The molecule has 0 bridgehead atoms. The minimum Gasteiger partial charge on any atom is -0.436 e. The van der Waals surface area contributed by atoms with Crippen LogP contribution in [0.2, 0.25) is 0 Å². The van der Waals surface area contributed by atoms with Crippen LogP contribution in [0.3, 0.4) is 0 Å². The van der Waals surface area contributed by atoms with Gasteiger partial charge >= 0.3 is 5.88 Å². The Hall–Kier alpha value is -1.91. The number of likely N-dealkylation sites (N-methyl/N-ethyl adjacent to an activating group) is 1. The van der Waals surface area contributed by atoms with Crippen molar-refractivity contribution in [1.29, 1.82) is 0 Å². The molecule has 1 atom stereocenters. The summed E-state index contributed by atoms with van der Waals surface area (Å²) in [7, 11) is 0. The highest BCUT2D eigenvalue weighted by atomic mass is 32.1. The van der Waals surface area contributed by atoms with Crippen molar-refractivity contribution in [2.45, 2.75) is 31.8 Å². The standard InChI is InChI=1S/C21H22N2OS/c1-2-23-9-5-8-21(14-23)11-15-10-16(12-22-20(15)24-21)18-13-25-19-7-4-3-6-17(18)19/h3-4,6-7,10,12-13H,2,5,8-9,11,14H2,1H3/p+1/t21-/m0/s1. The minimum atomic E-state index is -0.0254. The summed E-state index contributed by atoms with van der Waals surface area (Å²) >= 11 is 1.82. The zero-order valence-corrected chi connectivity index (χ0v) is 15.4. The molecule has 2 aliphatic heterocycles.